The first-order valence-corrected chi connectivity index (χ1v) is 14.0. The van der Waals surface area contributed by atoms with E-state index in [1.54, 1.807) is 31.4 Å². The predicted octanol–water partition coefficient (Wildman–Crippen LogP) is 3.92. The van der Waals surface area contributed by atoms with Crippen molar-refractivity contribution in [2.75, 3.05) is 24.2 Å². The molecule has 8 nitrogen and oxygen atoms in total. The number of para-hydroxylation sites is 1. The zero-order valence-electron chi connectivity index (χ0n) is 22.3. The summed E-state index contributed by atoms with van der Waals surface area (Å²) in [6, 6.07) is 13.6. The smallest absolute Gasteiger partial charge is 0.244 e. The van der Waals surface area contributed by atoms with Gasteiger partial charge in [-0.25, -0.2) is 8.42 Å². The highest BCUT2D eigenvalue weighted by Crippen LogP contribution is 2.29. The Balaban J connectivity index is 2.52. The van der Waals surface area contributed by atoms with E-state index < -0.39 is 28.5 Å². The van der Waals surface area contributed by atoms with Crippen molar-refractivity contribution in [3.05, 3.63) is 59.7 Å². The van der Waals surface area contributed by atoms with Crippen molar-refractivity contribution in [3.63, 3.8) is 0 Å². The minimum absolute atomic E-state index is 0.0497. The molecule has 2 rings (SSSR count). The van der Waals surface area contributed by atoms with Crippen LogP contribution in [0.5, 0.6) is 5.75 Å². The molecule has 1 atom stereocenters. The van der Waals surface area contributed by atoms with Gasteiger partial charge in [-0.3, -0.25) is 13.9 Å². The molecule has 0 fully saturated rings. The number of methoxy groups -OCH3 is 1. The Labute approximate surface area is 215 Å². The van der Waals surface area contributed by atoms with Gasteiger partial charge < -0.3 is 15.0 Å². The molecule has 0 aliphatic carbocycles. The van der Waals surface area contributed by atoms with Crippen LogP contribution in [-0.4, -0.2) is 57.1 Å². The fraction of sp³-hybridized carbons (Fsp3) is 0.481. The van der Waals surface area contributed by atoms with Gasteiger partial charge in [0.25, 0.3) is 0 Å². The van der Waals surface area contributed by atoms with Gasteiger partial charge in [-0.05, 0) is 55.5 Å². The Morgan fingerprint density at radius 2 is 1.69 bits per heavy atom. The number of hydrogen-bond acceptors (Lipinski definition) is 5. The van der Waals surface area contributed by atoms with Crippen LogP contribution >= 0.6 is 0 Å². The van der Waals surface area contributed by atoms with Crippen LogP contribution in [0.15, 0.2) is 48.5 Å². The van der Waals surface area contributed by atoms with E-state index in [9.17, 15) is 18.0 Å². The standard InChI is InChI=1S/C27H39N3O5S/c1-8-24(27(32)28-20(4)5)29(17-21-12-11-13-22(16-21)35-6)26(31)18-30(36(7,33)34)25-15-10-9-14-23(25)19(2)3/h9-16,19-20,24H,8,17-18H2,1-7H3,(H,28,32). The van der Waals surface area contributed by atoms with Crippen LogP contribution in [0.4, 0.5) is 5.69 Å². The minimum atomic E-state index is -3.79. The van der Waals surface area contributed by atoms with Gasteiger partial charge in [-0.1, -0.05) is 51.1 Å². The van der Waals surface area contributed by atoms with Crippen LogP contribution in [0.3, 0.4) is 0 Å². The van der Waals surface area contributed by atoms with Gasteiger partial charge in [0.15, 0.2) is 0 Å². The number of nitrogens with one attached hydrogen (secondary N) is 1. The number of benzene rings is 2. The monoisotopic (exact) mass is 517 g/mol. The van der Waals surface area contributed by atoms with E-state index in [1.807, 2.05) is 58.9 Å². The summed E-state index contributed by atoms with van der Waals surface area (Å²) in [5.41, 5.74) is 2.05. The van der Waals surface area contributed by atoms with Crippen LogP contribution < -0.4 is 14.4 Å². The van der Waals surface area contributed by atoms with E-state index in [-0.39, 0.29) is 24.4 Å². The Hall–Kier alpha value is -3.07. The average Bonchev–Trinajstić information content (AvgIpc) is 2.81. The molecule has 0 aliphatic heterocycles. The zero-order valence-corrected chi connectivity index (χ0v) is 23.1. The van der Waals surface area contributed by atoms with Crippen LogP contribution in [-0.2, 0) is 26.2 Å². The molecule has 9 heteroatoms. The summed E-state index contributed by atoms with van der Waals surface area (Å²) in [7, 11) is -2.23. The molecule has 0 aromatic heterocycles. The third kappa shape index (κ3) is 7.71. The van der Waals surface area contributed by atoms with Gasteiger partial charge in [-0.2, -0.15) is 0 Å². The Kier molecular flexibility index (Phi) is 10.3. The maximum absolute atomic E-state index is 13.8. The number of carbonyl (C=O) groups excluding carboxylic acids is 2. The Morgan fingerprint density at radius 1 is 1.03 bits per heavy atom. The number of hydrogen-bond donors (Lipinski definition) is 1. The molecule has 36 heavy (non-hydrogen) atoms. The fourth-order valence-corrected chi connectivity index (χ4v) is 4.93. The SMILES string of the molecule is CCC(C(=O)NC(C)C)N(Cc1cccc(OC)c1)C(=O)CN(c1ccccc1C(C)C)S(C)(=O)=O. The topological polar surface area (TPSA) is 96.0 Å². The maximum atomic E-state index is 13.8. The molecule has 2 aromatic carbocycles. The minimum Gasteiger partial charge on any atom is -0.497 e. The number of carbonyl (C=O) groups is 2. The van der Waals surface area contributed by atoms with Crippen molar-refractivity contribution in [2.24, 2.45) is 0 Å². The van der Waals surface area contributed by atoms with Crippen LogP contribution in [0.2, 0.25) is 0 Å². The van der Waals surface area contributed by atoms with Gasteiger partial charge in [0.1, 0.15) is 18.3 Å². The number of nitrogens with zero attached hydrogens (tertiary/aromatic N) is 2. The molecule has 0 heterocycles. The Bertz CT molecular complexity index is 1150. The van der Waals surface area contributed by atoms with E-state index in [2.05, 4.69) is 5.32 Å². The van der Waals surface area contributed by atoms with Crippen LogP contribution in [0.1, 0.15) is 58.1 Å². The number of rotatable bonds is 12. The van der Waals surface area contributed by atoms with Crippen molar-refractivity contribution in [1.29, 1.82) is 0 Å². The summed E-state index contributed by atoms with van der Waals surface area (Å²) >= 11 is 0. The molecular formula is C27H39N3O5S. The second kappa shape index (κ2) is 12.8. The molecule has 0 spiro atoms. The summed E-state index contributed by atoms with van der Waals surface area (Å²) in [6.45, 7) is 9.19. The van der Waals surface area contributed by atoms with Crippen LogP contribution in [0.25, 0.3) is 0 Å². The lowest BCUT2D eigenvalue weighted by atomic mass is 10.0. The van der Waals surface area contributed by atoms with Gasteiger partial charge in [0, 0.05) is 12.6 Å². The molecular weight excluding hydrogens is 478 g/mol. The van der Waals surface area contributed by atoms with Crippen molar-refractivity contribution < 1.29 is 22.7 Å². The highest BCUT2D eigenvalue weighted by molar-refractivity contribution is 7.92. The lowest BCUT2D eigenvalue weighted by Crippen LogP contribution is -2.53. The van der Waals surface area contributed by atoms with Crippen molar-refractivity contribution in [2.45, 2.75) is 65.6 Å². The molecule has 0 saturated heterocycles. The third-order valence-electron chi connectivity index (χ3n) is 5.81. The van der Waals surface area contributed by atoms with Crippen molar-refractivity contribution in [3.8, 4) is 5.75 Å². The molecule has 2 amide bonds. The summed E-state index contributed by atoms with van der Waals surface area (Å²) < 4.78 is 32.2. The number of ether oxygens (including phenoxy) is 1. The summed E-state index contributed by atoms with van der Waals surface area (Å²) in [4.78, 5) is 28.4. The fourth-order valence-electron chi connectivity index (χ4n) is 4.07. The second-order valence-corrected chi connectivity index (χ2v) is 11.4. The molecule has 1 unspecified atom stereocenters. The van der Waals surface area contributed by atoms with E-state index in [1.165, 1.54) is 4.90 Å². The van der Waals surface area contributed by atoms with E-state index in [0.29, 0.717) is 17.9 Å². The molecule has 0 bridgehead atoms. The summed E-state index contributed by atoms with van der Waals surface area (Å²) in [5.74, 6) is -0.0679. The highest BCUT2D eigenvalue weighted by atomic mass is 32.2. The first kappa shape index (κ1) is 29.2. The quantitative estimate of drug-likeness (QED) is 0.460. The lowest BCUT2D eigenvalue weighted by Gasteiger charge is -2.34. The van der Waals surface area contributed by atoms with Gasteiger partial charge >= 0.3 is 0 Å². The van der Waals surface area contributed by atoms with E-state index in [4.69, 9.17) is 4.74 Å². The van der Waals surface area contributed by atoms with E-state index >= 15 is 0 Å². The van der Waals surface area contributed by atoms with Gasteiger partial charge in [-0.15, -0.1) is 0 Å². The van der Waals surface area contributed by atoms with Crippen molar-refractivity contribution in [1.82, 2.24) is 10.2 Å². The lowest BCUT2D eigenvalue weighted by molar-refractivity contribution is -0.140. The van der Waals surface area contributed by atoms with E-state index in [0.717, 1.165) is 21.7 Å². The van der Waals surface area contributed by atoms with Crippen molar-refractivity contribution >= 4 is 27.5 Å². The number of sulfonamides is 1. The first-order valence-electron chi connectivity index (χ1n) is 12.2. The molecule has 0 aliphatic rings. The first-order chi connectivity index (χ1) is 16.9. The molecule has 0 radical (unpaired) electrons. The zero-order chi connectivity index (χ0) is 27.0. The summed E-state index contributed by atoms with van der Waals surface area (Å²) in [5, 5.41) is 2.89. The third-order valence-corrected chi connectivity index (χ3v) is 6.94. The average molecular weight is 518 g/mol. The second-order valence-electron chi connectivity index (χ2n) is 9.44. The molecule has 198 valence electrons. The van der Waals surface area contributed by atoms with Gasteiger partial charge in [0.05, 0.1) is 19.1 Å². The maximum Gasteiger partial charge on any atom is 0.244 e. The number of amides is 2. The predicted molar refractivity (Wildman–Crippen MR) is 144 cm³/mol. The highest BCUT2D eigenvalue weighted by Gasteiger charge is 2.32. The van der Waals surface area contributed by atoms with Gasteiger partial charge in [0.2, 0.25) is 21.8 Å². The summed E-state index contributed by atoms with van der Waals surface area (Å²) in [6.07, 6.45) is 1.46. The largest absolute Gasteiger partial charge is 0.497 e. The molecule has 2 aromatic rings. The molecule has 0 saturated carbocycles. The normalized spacial score (nSPS) is 12.4. The Morgan fingerprint density at radius 3 is 2.25 bits per heavy atom. The van der Waals surface area contributed by atoms with Crippen LogP contribution in [0, 0.1) is 0 Å². The number of anilines is 1. The molecule has 1 N–H and O–H groups in total.